The molecule has 3 saturated carbocycles. The molecule has 25 heavy (non-hydrogen) atoms. The molecule has 132 valence electrons. The number of halogens is 3. The Morgan fingerprint density at radius 3 is 2.52 bits per heavy atom. The second-order valence-electron chi connectivity index (χ2n) is 7.53. The lowest BCUT2D eigenvalue weighted by molar-refractivity contribution is -0.267. The zero-order valence-corrected chi connectivity index (χ0v) is 14.2. The number of nitrogens with zero attached hydrogens (tertiary/aromatic N) is 2. The maximum Gasteiger partial charge on any atom is 0.284 e. The van der Waals surface area contributed by atoms with Gasteiger partial charge in [-0.05, 0) is 44.2 Å². The predicted molar refractivity (Wildman–Crippen MR) is 86.5 cm³/mol. The third-order valence-corrected chi connectivity index (χ3v) is 6.09. The van der Waals surface area contributed by atoms with Crippen LogP contribution >= 0.6 is 0 Å². The Labute approximate surface area is 145 Å². The van der Waals surface area contributed by atoms with E-state index < -0.39 is 22.9 Å². The van der Waals surface area contributed by atoms with Gasteiger partial charge in [0.1, 0.15) is 11.3 Å². The number of ether oxygens (including phenoxy) is 1. The van der Waals surface area contributed by atoms with Gasteiger partial charge < -0.3 is 4.74 Å². The van der Waals surface area contributed by atoms with Crippen molar-refractivity contribution in [3.05, 3.63) is 34.7 Å². The maximum atomic E-state index is 14.7. The van der Waals surface area contributed by atoms with Crippen molar-refractivity contribution >= 4 is 5.69 Å². The molecule has 0 radical (unpaired) electrons. The van der Waals surface area contributed by atoms with Crippen molar-refractivity contribution in [3.63, 3.8) is 0 Å². The molecule has 1 aromatic carbocycles. The lowest BCUT2D eigenvalue weighted by atomic mass is 9.52. The normalized spacial score (nSPS) is 32.7. The molecule has 1 atom stereocenters. The molecule has 0 amide bonds. The number of nitriles is 1. The van der Waals surface area contributed by atoms with Gasteiger partial charge in [0.15, 0.2) is 6.17 Å². The third kappa shape index (κ3) is 2.39. The molecule has 0 saturated heterocycles. The van der Waals surface area contributed by atoms with Crippen molar-refractivity contribution < 1.29 is 17.9 Å². The summed E-state index contributed by atoms with van der Waals surface area (Å²) in [5.74, 6) is -3.22. The zero-order valence-electron chi connectivity index (χ0n) is 14.2. The first-order chi connectivity index (χ1) is 11.7. The Bertz CT molecular complexity index is 783. The van der Waals surface area contributed by atoms with Gasteiger partial charge >= 0.3 is 0 Å². The molecule has 1 aromatic rings. The molecule has 3 fully saturated rings. The van der Waals surface area contributed by atoms with Crippen LogP contribution in [0.5, 0.6) is 5.75 Å². The molecule has 3 nitrogen and oxygen atoms in total. The first kappa shape index (κ1) is 17.6. The lowest BCUT2D eigenvalue weighted by Gasteiger charge is -2.57. The smallest absolute Gasteiger partial charge is 0.284 e. The molecule has 4 rings (SSSR count). The van der Waals surface area contributed by atoms with Crippen molar-refractivity contribution in [2.75, 3.05) is 6.61 Å². The molecule has 0 N–H and O–H groups in total. The second-order valence-corrected chi connectivity index (χ2v) is 7.53. The molecule has 6 heteroatoms. The maximum absolute atomic E-state index is 14.7. The zero-order chi connectivity index (χ0) is 18.5. The average Bonchev–Trinajstić information content (AvgIpc) is 2.60. The highest BCUT2D eigenvalue weighted by Crippen LogP contribution is 2.64. The van der Waals surface area contributed by atoms with Gasteiger partial charge in [-0.2, -0.15) is 5.26 Å². The molecular weight excluding hydrogens is 329 g/mol. The van der Waals surface area contributed by atoms with E-state index in [0.29, 0.717) is 18.4 Å². The van der Waals surface area contributed by atoms with Crippen molar-refractivity contribution in [1.29, 1.82) is 5.26 Å². The van der Waals surface area contributed by atoms with E-state index in [1.807, 2.05) is 6.07 Å². The minimum atomic E-state index is -3.38. The highest BCUT2D eigenvalue weighted by atomic mass is 19.3. The fraction of sp³-hybridized carbons (Fsp3) is 0.579. The van der Waals surface area contributed by atoms with Crippen LogP contribution in [0.2, 0.25) is 0 Å². The van der Waals surface area contributed by atoms with Gasteiger partial charge in [-0.3, -0.25) is 0 Å². The summed E-state index contributed by atoms with van der Waals surface area (Å²) in [5.41, 5.74) is -1.63. The standard InChI is InChI=1S/C19H19F3N2O/c1-12-4-5-14(13(10-23)15(12)24-3)25-11-18-8-6-17(2,7-9-18)19(21,22)16(18)20/h4-5,16H,6-9,11H2,1-2H3. The van der Waals surface area contributed by atoms with E-state index in [-0.39, 0.29) is 36.4 Å². The average molecular weight is 348 g/mol. The van der Waals surface area contributed by atoms with Gasteiger partial charge in [-0.15, -0.1) is 0 Å². The van der Waals surface area contributed by atoms with Crippen LogP contribution in [0.4, 0.5) is 18.9 Å². The fourth-order valence-corrected chi connectivity index (χ4v) is 4.07. The van der Waals surface area contributed by atoms with E-state index >= 15 is 0 Å². The van der Waals surface area contributed by atoms with Crippen LogP contribution in [-0.4, -0.2) is 18.7 Å². The first-order valence-corrected chi connectivity index (χ1v) is 8.27. The summed E-state index contributed by atoms with van der Waals surface area (Å²) < 4.78 is 49.2. The Morgan fingerprint density at radius 1 is 1.32 bits per heavy atom. The van der Waals surface area contributed by atoms with Crippen LogP contribution in [0.3, 0.4) is 0 Å². The second kappa shape index (κ2) is 5.66. The van der Waals surface area contributed by atoms with E-state index in [2.05, 4.69) is 4.85 Å². The SMILES string of the molecule is [C-]#[N+]c1c(C)ccc(OCC23CCC(C)(CC2)C(F)(F)C3F)c1C#N. The van der Waals surface area contributed by atoms with Gasteiger partial charge in [0, 0.05) is 10.8 Å². The van der Waals surface area contributed by atoms with Crippen LogP contribution in [0.25, 0.3) is 4.85 Å². The van der Waals surface area contributed by atoms with Crippen molar-refractivity contribution in [2.24, 2.45) is 10.8 Å². The lowest BCUT2D eigenvalue weighted by Crippen LogP contribution is -2.64. The molecule has 0 heterocycles. The first-order valence-electron chi connectivity index (χ1n) is 8.27. The van der Waals surface area contributed by atoms with E-state index in [1.54, 1.807) is 19.1 Å². The number of alkyl halides is 3. The van der Waals surface area contributed by atoms with Crippen molar-refractivity contribution in [1.82, 2.24) is 0 Å². The Balaban J connectivity index is 1.88. The van der Waals surface area contributed by atoms with Crippen LogP contribution in [0.15, 0.2) is 12.1 Å². The largest absolute Gasteiger partial charge is 0.493 e. The van der Waals surface area contributed by atoms with E-state index in [9.17, 15) is 18.4 Å². The molecule has 0 spiro atoms. The number of rotatable bonds is 3. The van der Waals surface area contributed by atoms with Gasteiger partial charge in [-0.1, -0.05) is 13.0 Å². The number of aryl methyl sites for hydroxylation is 1. The van der Waals surface area contributed by atoms with Crippen LogP contribution in [0, 0.1) is 35.7 Å². The van der Waals surface area contributed by atoms with Gasteiger partial charge in [-0.25, -0.2) is 18.0 Å². The quantitative estimate of drug-likeness (QED) is 0.691. The topological polar surface area (TPSA) is 37.4 Å². The fourth-order valence-electron chi connectivity index (χ4n) is 4.07. The summed E-state index contributed by atoms with van der Waals surface area (Å²) in [5, 5.41) is 9.32. The molecular formula is C19H19F3N2O. The summed E-state index contributed by atoms with van der Waals surface area (Å²) in [6.45, 7) is 10.1. The Morgan fingerprint density at radius 2 is 1.96 bits per heavy atom. The van der Waals surface area contributed by atoms with Crippen LogP contribution in [0.1, 0.15) is 43.7 Å². The summed E-state index contributed by atoms with van der Waals surface area (Å²) in [6.07, 6.45) is -1.07. The summed E-state index contributed by atoms with van der Waals surface area (Å²) >= 11 is 0. The predicted octanol–water partition coefficient (Wildman–Crippen LogP) is 5.35. The van der Waals surface area contributed by atoms with Crippen LogP contribution in [-0.2, 0) is 0 Å². The highest BCUT2D eigenvalue weighted by molar-refractivity contribution is 5.68. The highest BCUT2D eigenvalue weighted by Gasteiger charge is 2.70. The molecule has 3 aliphatic carbocycles. The minimum absolute atomic E-state index is 0.0741. The number of hydrogen-bond donors (Lipinski definition) is 0. The molecule has 2 bridgehead atoms. The summed E-state index contributed by atoms with van der Waals surface area (Å²) in [6, 6.07) is 5.12. The van der Waals surface area contributed by atoms with Crippen molar-refractivity contribution in [2.45, 2.75) is 51.6 Å². The van der Waals surface area contributed by atoms with E-state index in [4.69, 9.17) is 11.3 Å². The van der Waals surface area contributed by atoms with E-state index in [1.165, 1.54) is 6.92 Å². The van der Waals surface area contributed by atoms with Gasteiger partial charge in [0.05, 0.1) is 19.2 Å². The van der Waals surface area contributed by atoms with Gasteiger partial charge in [0.2, 0.25) is 5.69 Å². The van der Waals surface area contributed by atoms with Crippen LogP contribution < -0.4 is 4.74 Å². The van der Waals surface area contributed by atoms with Crippen molar-refractivity contribution in [3.8, 4) is 11.8 Å². The third-order valence-electron chi connectivity index (χ3n) is 6.09. The molecule has 0 aromatic heterocycles. The summed E-state index contributed by atoms with van der Waals surface area (Å²) in [7, 11) is 0. The minimum Gasteiger partial charge on any atom is -0.493 e. The number of hydrogen-bond acceptors (Lipinski definition) is 2. The number of fused-ring (bicyclic) bond motifs is 3. The van der Waals surface area contributed by atoms with E-state index in [0.717, 1.165) is 0 Å². The van der Waals surface area contributed by atoms with Gasteiger partial charge in [0.25, 0.3) is 5.92 Å². The Hall–Kier alpha value is -2.21. The monoisotopic (exact) mass is 348 g/mol. The number of benzene rings is 1. The molecule has 3 aliphatic rings. The Kier molecular flexibility index (Phi) is 3.99. The molecule has 1 unspecified atom stereocenters. The summed E-state index contributed by atoms with van der Waals surface area (Å²) in [4.78, 5) is 3.34. The molecule has 0 aliphatic heterocycles.